The standard InChI is InChI=1S/C9H18O3/c1-8(2,12-4)5-6-9(3,11)7-10/h7,11H,5-6H2,1-4H3. The van der Waals surface area contributed by atoms with Gasteiger partial charge in [0, 0.05) is 7.11 Å². The zero-order valence-corrected chi connectivity index (χ0v) is 8.26. The lowest BCUT2D eigenvalue weighted by molar-refractivity contribution is -0.124. The molecular formula is C9H18O3. The Morgan fingerprint density at radius 2 is 1.83 bits per heavy atom. The number of ether oxygens (including phenoxy) is 1. The molecule has 0 radical (unpaired) electrons. The third-order valence-electron chi connectivity index (χ3n) is 2.04. The van der Waals surface area contributed by atoms with Crippen LogP contribution < -0.4 is 0 Å². The lowest BCUT2D eigenvalue weighted by atomic mass is 9.94. The van der Waals surface area contributed by atoms with E-state index in [-0.39, 0.29) is 5.60 Å². The minimum Gasteiger partial charge on any atom is -0.383 e. The summed E-state index contributed by atoms with van der Waals surface area (Å²) >= 11 is 0. The van der Waals surface area contributed by atoms with Crippen molar-refractivity contribution in [2.24, 2.45) is 0 Å². The van der Waals surface area contributed by atoms with Gasteiger partial charge in [0.05, 0.1) is 5.60 Å². The van der Waals surface area contributed by atoms with Gasteiger partial charge in [-0.3, -0.25) is 0 Å². The molecule has 0 saturated heterocycles. The molecule has 0 aliphatic heterocycles. The third-order valence-corrected chi connectivity index (χ3v) is 2.04. The second-order valence-corrected chi connectivity index (χ2v) is 3.94. The highest BCUT2D eigenvalue weighted by molar-refractivity contribution is 5.60. The predicted molar refractivity (Wildman–Crippen MR) is 47.0 cm³/mol. The number of aldehydes is 1. The summed E-state index contributed by atoms with van der Waals surface area (Å²) in [6.07, 6.45) is 1.66. The molecule has 0 spiro atoms. The second-order valence-electron chi connectivity index (χ2n) is 3.94. The van der Waals surface area contributed by atoms with Crippen LogP contribution in [0.15, 0.2) is 0 Å². The number of carbonyl (C=O) groups excluding carboxylic acids is 1. The molecule has 0 bridgehead atoms. The summed E-state index contributed by atoms with van der Waals surface area (Å²) in [4.78, 5) is 10.3. The molecule has 0 aromatic carbocycles. The number of rotatable bonds is 5. The van der Waals surface area contributed by atoms with Crippen molar-refractivity contribution in [1.82, 2.24) is 0 Å². The highest BCUT2D eigenvalue weighted by atomic mass is 16.5. The van der Waals surface area contributed by atoms with Crippen molar-refractivity contribution in [3.05, 3.63) is 0 Å². The summed E-state index contributed by atoms with van der Waals surface area (Å²) in [5, 5.41) is 9.36. The van der Waals surface area contributed by atoms with E-state index in [2.05, 4.69) is 0 Å². The first kappa shape index (κ1) is 11.6. The Balaban J connectivity index is 3.90. The van der Waals surface area contributed by atoms with Gasteiger partial charge in [-0.1, -0.05) is 0 Å². The van der Waals surface area contributed by atoms with Crippen LogP contribution in [0, 0.1) is 0 Å². The van der Waals surface area contributed by atoms with Crippen molar-refractivity contribution >= 4 is 6.29 Å². The summed E-state index contributed by atoms with van der Waals surface area (Å²) in [6, 6.07) is 0. The van der Waals surface area contributed by atoms with E-state index in [1.807, 2.05) is 13.8 Å². The van der Waals surface area contributed by atoms with E-state index in [1.54, 1.807) is 7.11 Å². The van der Waals surface area contributed by atoms with Gasteiger partial charge in [0.15, 0.2) is 6.29 Å². The molecule has 0 fully saturated rings. The Morgan fingerprint density at radius 1 is 1.33 bits per heavy atom. The lowest BCUT2D eigenvalue weighted by Gasteiger charge is -2.26. The summed E-state index contributed by atoms with van der Waals surface area (Å²) in [5.41, 5.74) is -1.48. The van der Waals surface area contributed by atoms with Gasteiger partial charge < -0.3 is 14.6 Å². The molecule has 0 aromatic heterocycles. The third kappa shape index (κ3) is 4.46. The average Bonchev–Trinajstić information content (AvgIpc) is 2.02. The average molecular weight is 174 g/mol. The Morgan fingerprint density at radius 3 is 2.17 bits per heavy atom. The zero-order chi connectivity index (χ0) is 9.83. The van der Waals surface area contributed by atoms with Gasteiger partial charge >= 0.3 is 0 Å². The summed E-state index contributed by atoms with van der Waals surface area (Å²) in [5.74, 6) is 0. The Kier molecular flexibility index (Phi) is 3.87. The van der Waals surface area contributed by atoms with E-state index in [0.29, 0.717) is 19.1 Å². The molecule has 0 heterocycles. The summed E-state index contributed by atoms with van der Waals surface area (Å²) in [6.45, 7) is 5.35. The van der Waals surface area contributed by atoms with Crippen molar-refractivity contribution in [3.63, 3.8) is 0 Å². The number of aliphatic hydroxyl groups is 1. The van der Waals surface area contributed by atoms with Crippen LogP contribution in [-0.4, -0.2) is 29.7 Å². The zero-order valence-electron chi connectivity index (χ0n) is 8.26. The first-order valence-electron chi connectivity index (χ1n) is 4.07. The monoisotopic (exact) mass is 174 g/mol. The van der Waals surface area contributed by atoms with E-state index >= 15 is 0 Å². The van der Waals surface area contributed by atoms with Crippen LogP contribution in [0.25, 0.3) is 0 Å². The fourth-order valence-electron chi connectivity index (χ4n) is 0.715. The molecule has 3 heteroatoms. The van der Waals surface area contributed by atoms with Crippen molar-refractivity contribution < 1.29 is 14.6 Å². The van der Waals surface area contributed by atoms with Gasteiger partial charge in [0.2, 0.25) is 0 Å². The van der Waals surface area contributed by atoms with Gasteiger partial charge in [-0.05, 0) is 33.6 Å². The summed E-state index contributed by atoms with van der Waals surface area (Å²) in [7, 11) is 1.62. The molecule has 0 saturated carbocycles. The van der Waals surface area contributed by atoms with E-state index in [4.69, 9.17) is 4.74 Å². The Bertz CT molecular complexity index is 150. The van der Waals surface area contributed by atoms with Crippen LogP contribution >= 0.6 is 0 Å². The smallest absolute Gasteiger partial charge is 0.151 e. The van der Waals surface area contributed by atoms with Gasteiger partial charge in [-0.25, -0.2) is 0 Å². The molecule has 12 heavy (non-hydrogen) atoms. The maximum Gasteiger partial charge on any atom is 0.151 e. The number of hydrogen-bond acceptors (Lipinski definition) is 3. The second kappa shape index (κ2) is 4.01. The minimum atomic E-state index is -1.21. The molecule has 0 aromatic rings. The fourth-order valence-corrected chi connectivity index (χ4v) is 0.715. The Hall–Kier alpha value is -0.410. The van der Waals surface area contributed by atoms with Crippen molar-refractivity contribution in [2.75, 3.05) is 7.11 Å². The van der Waals surface area contributed by atoms with E-state index in [0.717, 1.165) is 0 Å². The number of methoxy groups -OCH3 is 1. The topological polar surface area (TPSA) is 46.5 Å². The van der Waals surface area contributed by atoms with Gasteiger partial charge in [0.25, 0.3) is 0 Å². The SMILES string of the molecule is COC(C)(C)CCC(C)(O)C=O. The van der Waals surface area contributed by atoms with Gasteiger partial charge in [-0.2, -0.15) is 0 Å². The molecule has 0 amide bonds. The minimum absolute atomic E-state index is 0.271. The fraction of sp³-hybridized carbons (Fsp3) is 0.889. The van der Waals surface area contributed by atoms with Gasteiger partial charge in [-0.15, -0.1) is 0 Å². The maximum absolute atomic E-state index is 10.3. The molecule has 0 rings (SSSR count). The van der Waals surface area contributed by atoms with Crippen LogP contribution in [-0.2, 0) is 9.53 Å². The number of hydrogen-bond donors (Lipinski definition) is 1. The van der Waals surface area contributed by atoms with Crippen LogP contribution in [0.4, 0.5) is 0 Å². The predicted octanol–water partition coefficient (Wildman–Crippen LogP) is 1.14. The first-order chi connectivity index (χ1) is 5.33. The van der Waals surface area contributed by atoms with Crippen molar-refractivity contribution in [3.8, 4) is 0 Å². The molecule has 3 nitrogen and oxygen atoms in total. The normalized spacial score (nSPS) is 17.1. The van der Waals surface area contributed by atoms with Gasteiger partial charge in [0.1, 0.15) is 5.60 Å². The maximum atomic E-state index is 10.3. The van der Waals surface area contributed by atoms with E-state index in [1.165, 1.54) is 6.92 Å². The first-order valence-corrected chi connectivity index (χ1v) is 4.07. The quantitative estimate of drug-likeness (QED) is 0.636. The van der Waals surface area contributed by atoms with Crippen LogP contribution in [0.1, 0.15) is 33.6 Å². The van der Waals surface area contributed by atoms with Crippen LogP contribution in [0.3, 0.4) is 0 Å². The molecule has 0 aliphatic carbocycles. The largest absolute Gasteiger partial charge is 0.383 e. The molecule has 1 atom stereocenters. The number of carbonyl (C=O) groups is 1. The lowest BCUT2D eigenvalue weighted by Crippen LogP contribution is -2.31. The molecule has 1 N–H and O–H groups in total. The van der Waals surface area contributed by atoms with E-state index in [9.17, 15) is 9.90 Å². The highest BCUT2D eigenvalue weighted by Crippen LogP contribution is 2.20. The van der Waals surface area contributed by atoms with Crippen LogP contribution in [0.2, 0.25) is 0 Å². The molecule has 72 valence electrons. The molecular weight excluding hydrogens is 156 g/mol. The molecule has 1 unspecified atom stereocenters. The van der Waals surface area contributed by atoms with E-state index < -0.39 is 5.60 Å². The Labute approximate surface area is 73.7 Å². The van der Waals surface area contributed by atoms with Crippen LogP contribution in [0.5, 0.6) is 0 Å². The summed E-state index contributed by atoms with van der Waals surface area (Å²) < 4.78 is 5.15. The van der Waals surface area contributed by atoms with Crippen molar-refractivity contribution in [1.29, 1.82) is 0 Å². The highest BCUT2D eigenvalue weighted by Gasteiger charge is 2.24. The molecule has 0 aliphatic rings. The van der Waals surface area contributed by atoms with Crippen molar-refractivity contribution in [2.45, 2.75) is 44.8 Å².